The van der Waals surface area contributed by atoms with Gasteiger partial charge in [-0.2, -0.15) is 0 Å². The van der Waals surface area contributed by atoms with Gasteiger partial charge in [0.25, 0.3) is 0 Å². The highest BCUT2D eigenvalue weighted by atomic mass is 19.1. The molecule has 31 heavy (non-hydrogen) atoms. The summed E-state index contributed by atoms with van der Waals surface area (Å²) in [5.41, 5.74) is 4.21. The Labute approximate surface area is 183 Å². The molecule has 1 aliphatic rings. The Balaban J connectivity index is 1.66. The molecular formula is C24H31FN6. The maximum absolute atomic E-state index is 14.9. The summed E-state index contributed by atoms with van der Waals surface area (Å²) in [4.78, 5) is 4.72. The van der Waals surface area contributed by atoms with Gasteiger partial charge in [-0.15, -0.1) is 5.10 Å². The van der Waals surface area contributed by atoms with Crippen LogP contribution in [0.25, 0.3) is 0 Å². The van der Waals surface area contributed by atoms with Crippen LogP contribution < -0.4 is 4.90 Å². The molecular weight excluding hydrogens is 391 g/mol. The minimum Gasteiger partial charge on any atom is -0.369 e. The molecule has 0 amide bonds. The van der Waals surface area contributed by atoms with Crippen LogP contribution in [0.5, 0.6) is 0 Å². The normalized spacial score (nSPS) is 16.5. The molecule has 7 heteroatoms. The van der Waals surface area contributed by atoms with Gasteiger partial charge in [0.05, 0.1) is 5.54 Å². The van der Waals surface area contributed by atoms with Gasteiger partial charge < -0.3 is 4.90 Å². The van der Waals surface area contributed by atoms with Crippen LogP contribution in [0, 0.1) is 19.7 Å². The SMILES string of the molecule is Cc1cccc(N2CCN([C@@H](c3ccccc3F)c3nnnn3C(C)(C)C)CC2)c1C. The highest BCUT2D eigenvalue weighted by Gasteiger charge is 2.34. The first-order valence-electron chi connectivity index (χ1n) is 10.9. The van der Waals surface area contributed by atoms with Gasteiger partial charge in [0.2, 0.25) is 0 Å². The highest BCUT2D eigenvalue weighted by molar-refractivity contribution is 5.56. The van der Waals surface area contributed by atoms with E-state index in [2.05, 4.69) is 78.1 Å². The van der Waals surface area contributed by atoms with Crippen molar-refractivity contribution in [3.05, 3.63) is 70.8 Å². The fourth-order valence-corrected chi connectivity index (χ4v) is 4.34. The lowest BCUT2D eigenvalue weighted by Crippen LogP contribution is -2.49. The summed E-state index contributed by atoms with van der Waals surface area (Å²) >= 11 is 0. The fraction of sp³-hybridized carbons (Fsp3) is 0.458. The summed E-state index contributed by atoms with van der Waals surface area (Å²) in [5, 5.41) is 12.5. The van der Waals surface area contributed by atoms with Crippen molar-refractivity contribution in [3.8, 4) is 0 Å². The zero-order chi connectivity index (χ0) is 22.2. The first kappa shape index (κ1) is 21.4. The second kappa shape index (κ2) is 8.38. The van der Waals surface area contributed by atoms with Gasteiger partial charge in [-0.1, -0.05) is 30.3 Å². The molecule has 1 atom stereocenters. The van der Waals surface area contributed by atoms with Gasteiger partial charge >= 0.3 is 0 Å². The molecule has 164 valence electrons. The molecule has 0 spiro atoms. The van der Waals surface area contributed by atoms with E-state index in [1.54, 1.807) is 6.07 Å². The molecule has 3 aromatic rings. The van der Waals surface area contributed by atoms with E-state index >= 15 is 0 Å². The maximum Gasteiger partial charge on any atom is 0.173 e. The van der Waals surface area contributed by atoms with Crippen LogP contribution in [-0.4, -0.2) is 51.3 Å². The standard InChI is InChI=1S/C24H31FN6/c1-17-9-8-12-21(18(17)2)29-13-15-30(16-14-29)22(19-10-6-7-11-20(19)25)23-26-27-28-31(23)24(3,4)5/h6-12,22H,13-16H2,1-5H3/t22-/m0/s1. The number of aryl methyl sites for hydroxylation is 1. The number of benzene rings is 2. The largest absolute Gasteiger partial charge is 0.369 e. The lowest BCUT2D eigenvalue weighted by molar-refractivity contribution is 0.188. The number of hydrogen-bond acceptors (Lipinski definition) is 5. The summed E-state index contributed by atoms with van der Waals surface area (Å²) in [5.74, 6) is 0.450. The Hall–Kier alpha value is -2.80. The number of anilines is 1. The van der Waals surface area contributed by atoms with Crippen molar-refractivity contribution in [3.63, 3.8) is 0 Å². The van der Waals surface area contributed by atoms with Crippen LogP contribution in [-0.2, 0) is 5.54 Å². The number of aromatic nitrogens is 4. The Morgan fingerprint density at radius 2 is 1.65 bits per heavy atom. The summed E-state index contributed by atoms with van der Waals surface area (Å²) < 4.78 is 16.8. The van der Waals surface area contributed by atoms with E-state index in [1.807, 2.05) is 16.8 Å². The minimum atomic E-state index is -0.337. The Kier molecular flexibility index (Phi) is 5.79. The van der Waals surface area contributed by atoms with Crippen LogP contribution in [0.2, 0.25) is 0 Å². The molecule has 0 radical (unpaired) electrons. The molecule has 4 rings (SSSR count). The summed E-state index contributed by atoms with van der Waals surface area (Å²) in [7, 11) is 0. The van der Waals surface area contributed by atoms with Crippen LogP contribution >= 0.6 is 0 Å². The van der Waals surface area contributed by atoms with Crippen molar-refractivity contribution in [1.82, 2.24) is 25.1 Å². The van der Waals surface area contributed by atoms with Crippen LogP contribution in [0.1, 0.15) is 49.3 Å². The molecule has 0 saturated carbocycles. The first-order chi connectivity index (χ1) is 14.8. The van der Waals surface area contributed by atoms with E-state index in [1.165, 1.54) is 22.9 Å². The zero-order valence-electron chi connectivity index (χ0n) is 19.0. The van der Waals surface area contributed by atoms with Crippen molar-refractivity contribution in [1.29, 1.82) is 0 Å². The second-order valence-corrected chi connectivity index (χ2v) is 9.29. The van der Waals surface area contributed by atoms with E-state index in [0.29, 0.717) is 11.4 Å². The topological polar surface area (TPSA) is 50.1 Å². The monoisotopic (exact) mass is 422 g/mol. The van der Waals surface area contributed by atoms with Gasteiger partial charge in [0, 0.05) is 37.4 Å². The van der Waals surface area contributed by atoms with Gasteiger partial charge in [0.15, 0.2) is 5.82 Å². The molecule has 1 saturated heterocycles. The summed E-state index contributed by atoms with van der Waals surface area (Å²) in [6.07, 6.45) is 0. The second-order valence-electron chi connectivity index (χ2n) is 9.29. The zero-order valence-corrected chi connectivity index (χ0v) is 19.0. The predicted molar refractivity (Wildman–Crippen MR) is 121 cm³/mol. The summed E-state index contributed by atoms with van der Waals surface area (Å²) in [6, 6.07) is 13.1. The van der Waals surface area contributed by atoms with E-state index in [-0.39, 0.29) is 17.4 Å². The van der Waals surface area contributed by atoms with Crippen LogP contribution in [0.3, 0.4) is 0 Å². The van der Waals surface area contributed by atoms with E-state index in [9.17, 15) is 4.39 Å². The predicted octanol–water partition coefficient (Wildman–Crippen LogP) is 4.10. The number of tetrazole rings is 1. The average Bonchev–Trinajstić information content (AvgIpc) is 3.22. The van der Waals surface area contributed by atoms with Crippen molar-refractivity contribution in [2.75, 3.05) is 31.1 Å². The molecule has 0 bridgehead atoms. The molecule has 0 N–H and O–H groups in total. The third kappa shape index (κ3) is 4.19. The average molecular weight is 423 g/mol. The molecule has 2 heterocycles. The smallest absolute Gasteiger partial charge is 0.173 e. The quantitative estimate of drug-likeness (QED) is 0.634. The van der Waals surface area contributed by atoms with E-state index < -0.39 is 0 Å². The molecule has 0 unspecified atom stereocenters. The number of piperazine rings is 1. The maximum atomic E-state index is 14.9. The lowest BCUT2D eigenvalue weighted by Gasteiger charge is -2.41. The Morgan fingerprint density at radius 3 is 2.32 bits per heavy atom. The van der Waals surface area contributed by atoms with Gasteiger partial charge in [-0.25, -0.2) is 9.07 Å². The molecule has 2 aromatic carbocycles. The van der Waals surface area contributed by atoms with Crippen molar-refractivity contribution >= 4 is 5.69 Å². The first-order valence-corrected chi connectivity index (χ1v) is 10.9. The van der Waals surface area contributed by atoms with E-state index in [0.717, 1.165) is 26.2 Å². The molecule has 6 nitrogen and oxygen atoms in total. The van der Waals surface area contributed by atoms with Crippen LogP contribution in [0.15, 0.2) is 42.5 Å². The number of hydrogen-bond donors (Lipinski definition) is 0. The molecule has 1 aromatic heterocycles. The number of nitrogens with zero attached hydrogens (tertiary/aromatic N) is 6. The highest BCUT2D eigenvalue weighted by Crippen LogP contribution is 2.33. The van der Waals surface area contributed by atoms with Crippen molar-refractivity contribution < 1.29 is 4.39 Å². The van der Waals surface area contributed by atoms with Gasteiger partial charge in [-0.05, 0) is 68.3 Å². The molecule has 1 aliphatic heterocycles. The minimum absolute atomic E-state index is 0.229. The van der Waals surface area contributed by atoms with Gasteiger partial charge in [0.1, 0.15) is 11.9 Å². The Bertz CT molecular complexity index is 1050. The summed E-state index contributed by atoms with van der Waals surface area (Å²) in [6.45, 7) is 13.8. The fourth-order valence-electron chi connectivity index (χ4n) is 4.34. The van der Waals surface area contributed by atoms with E-state index in [4.69, 9.17) is 0 Å². The van der Waals surface area contributed by atoms with Gasteiger partial charge in [-0.3, -0.25) is 4.90 Å². The molecule has 0 aliphatic carbocycles. The number of rotatable bonds is 4. The lowest BCUT2D eigenvalue weighted by atomic mass is 10.0. The van der Waals surface area contributed by atoms with Crippen LogP contribution in [0.4, 0.5) is 10.1 Å². The van der Waals surface area contributed by atoms with Crippen molar-refractivity contribution in [2.45, 2.75) is 46.2 Å². The molecule has 1 fully saturated rings. The van der Waals surface area contributed by atoms with Crippen molar-refractivity contribution in [2.24, 2.45) is 0 Å². The Morgan fingerprint density at radius 1 is 0.935 bits per heavy atom. The number of halogens is 1. The third-order valence-corrected chi connectivity index (χ3v) is 6.17. The third-order valence-electron chi connectivity index (χ3n) is 6.17.